The quantitative estimate of drug-likeness (QED) is 0.690. The number of hydrogen-bond acceptors (Lipinski definition) is 3. The zero-order chi connectivity index (χ0) is 17.6. The molecule has 0 amide bonds. The summed E-state index contributed by atoms with van der Waals surface area (Å²) >= 11 is 0. The molecule has 0 N–H and O–H groups in total. The molecule has 0 spiro atoms. The first kappa shape index (κ1) is 19.3. The minimum absolute atomic E-state index is 0.0921. The molecule has 1 fully saturated rings. The van der Waals surface area contributed by atoms with Gasteiger partial charge in [0.15, 0.2) is 0 Å². The number of benzene rings is 1. The standard InChI is InChI=1S/C21H35NO2/c1-17-8-9-19(21(3,4)5)20(15-17)24-14-13-23-12-11-22-10-6-7-18(2)16-22/h8-9,15,18H,6-7,10-14,16H2,1-5H3/t18-/m0/s1. The van der Waals surface area contributed by atoms with Crippen LogP contribution in [0.15, 0.2) is 18.2 Å². The number of ether oxygens (including phenoxy) is 2. The van der Waals surface area contributed by atoms with E-state index < -0.39 is 0 Å². The van der Waals surface area contributed by atoms with Crippen LogP contribution in [0.1, 0.15) is 51.7 Å². The molecule has 1 heterocycles. The Hall–Kier alpha value is -1.06. The zero-order valence-electron chi connectivity index (χ0n) is 16.2. The average molecular weight is 334 g/mol. The van der Waals surface area contributed by atoms with Crippen molar-refractivity contribution in [3.63, 3.8) is 0 Å². The highest BCUT2D eigenvalue weighted by molar-refractivity contribution is 5.41. The maximum absolute atomic E-state index is 6.01. The van der Waals surface area contributed by atoms with Gasteiger partial charge in [-0.05, 0) is 54.8 Å². The van der Waals surface area contributed by atoms with E-state index in [-0.39, 0.29) is 5.41 Å². The third-order valence-electron chi connectivity index (χ3n) is 4.72. The highest BCUT2D eigenvalue weighted by Crippen LogP contribution is 2.32. The number of nitrogens with zero attached hydrogens (tertiary/aromatic N) is 1. The van der Waals surface area contributed by atoms with E-state index in [0.29, 0.717) is 13.2 Å². The second kappa shape index (κ2) is 8.87. The molecule has 1 aliphatic heterocycles. The molecule has 0 saturated carbocycles. The second-order valence-electron chi connectivity index (χ2n) is 8.26. The number of hydrogen-bond donors (Lipinski definition) is 0. The Morgan fingerprint density at radius 3 is 2.67 bits per heavy atom. The molecule has 0 unspecified atom stereocenters. The maximum atomic E-state index is 6.01. The molecule has 2 rings (SSSR count). The zero-order valence-corrected chi connectivity index (χ0v) is 16.2. The molecule has 0 aliphatic carbocycles. The summed E-state index contributed by atoms with van der Waals surface area (Å²) in [5.74, 6) is 1.83. The lowest BCUT2D eigenvalue weighted by molar-refractivity contribution is 0.0685. The van der Waals surface area contributed by atoms with E-state index in [2.05, 4.69) is 57.7 Å². The van der Waals surface area contributed by atoms with Crippen LogP contribution in [0, 0.1) is 12.8 Å². The molecule has 0 radical (unpaired) electrons. The van der Waals surface area contributed by atoms with Gasteiger partial charge in [-0.15, -0.1) is 0 Å². The third kappa shape index (κ3) is 6.10. The normalized spacial score (nSPS) is 19.5. The minimum Gasteiger partial charge on any atom is -0.491 e. The average Bonchev–Trinajstić information content (AvgIpc) is 2.49. The van der Waals surface area contributed by atoms with Crippen LogP contribution >= 0.6 is 0 Å². The fraction of sp³-hybridized carbons (Fsp3) is 0.714. The van der Waals surface area contributed by atoms with Crippen molar-refractivity contribution in [2.75, 3.05) is 39.5 Å². The molecule has 0 bridgehead atoms. The number of likely N-dealkylation sites (tertiary alicyclic amines) is 1. The van der Waals surface area contributed by atoms with E-state index in [1.807, 2.05) is 0 Å². The van der Waals surface area contributed by atoms with Crippen molar-refractivity contribution in [3.8, 4) is 5.75 Å². The second-order valence-corrected chi connectivity index (χ2v) is 8.26. The van der Waals surface area contributed by atoms with Crippen molar-refractivity contribution < 1.29 is 9.47 Å². The van der Waals surface area contributed by atoms with Crippen molar-refractivity contribution in [3.05, 3.63) is 29.3 Å². The smallest absolute Gasteiger partial charge is 0.123 e. The Kier molecular flexibility index (Phi) is 7.12. The van der Waals surface area contributed by atoms with E-state index >= 15 is 0 Å². The van der Waals surface area contributed by atoms with Crippen molar-refractivity contribution in [1.29, 1.82) is 0 Å². The highest BCUT2D eigenvalue weighted by atomic mass is 16.5. The lowest BCUT2D eigenvalue weighted by atomic mass is 9.86. The highest BCUT2D eigenvalue weighted by Gasteiger charge is 2.19. The van der Waals surface area contributed by atoms with Gasteiger partial charge in [-0.3, -0.25) is 0 Å². The van der Waals surface area contributed by atoms with Gasteiger partial charge in [0.25, 0.3) is 0 Å². The first-order valence-corrected chi connectivity index (χ1v) is 9.40. The maximum Gasteiger partial charge on any atom is 0.123 e. The molecule has 24 heavy (non-hydrogen) atoms. The summed E-state index contributed by atoms with van der Waals surface area (Å²) in [5.41, 5.74) is 2.59. The van der Waals surface area contributed by atoms with Crippen LogP contribution in [0.4, 0.5) is 0 Å². The Morgan fingerprint density at radius 1 is 1.17 bits per heavy atom. The number of rotatable bonds is 7. The molecule has 3 nitrogen and oxygen atoms in total. The van der Waals surface area contributed by atoms with Crippen LogP contribution in [0.3, 0.4) is 0 Å². The predicted octanol–water partition coefficient (Wildman–Crippen LogP) is 4.42. The van der Waals surface area contributed by atoms with Gasteiger partial charge in [-0.2, -0.15) is 0 Å². The monoisotopic (exact) mass is 333 g/mol. The van der Waals surface area contributed by atoms with E-state index in [1.165, 1.54) is 37.1 Å². The molecular weight excluding hydrogens is 298 g/mol. The van der Waals surface area contributed by atoms with Crippen molar-refractivity contribution in [2.45, 2.75) is 52.9 Å². The van der Waals surface area contributed by atoms with Gasteiger partial charge in [0.05, 0.1) is 13.2 Å². The summed E-state index contributed by atoms with van der Waals surface area (Å²) in [7, 11) is 0. The van der Waals surface area contributed by atoms with Crippen LogP contribution in [0.2, 0.25) is 0 Å². The Bertz CT molecular complexity index is 507. The van der Waals surface area contributed by atoms with Gasteiger partial charge in [-0.1, -0.05) is 39.8 Å². The summed E-state index contributed by atoms with van der Waals surface area (Å²) in [6, 6.07) is 6.47. The fourth-order valence-electron chi connectivity index (χ4n) is 3.36. The molecular formula is C21H35NO2. The molecule has 3 heteroatoms. The third-order valence-corrected chi connectivity index (χ3v) is 4.72. The first-order valence-electron chi connectivity index (χ1n) is 9.40. The van der Waals surface area contributed by atoms with Gasteiger partial charge in [-0.25, -0.2) is 0 Å². The fourth-order valence-corrected chi connectivity index (χ4v) is 3.36. The predicted molar refractivity (Wildman–Crippen MR) is 101 cm³/mol. The lowest BCUT2D eigenvalue weighted by Gasteiger charge is -2.30. The van der Waals surface area contributed by atoms with Gasteiger partial charge in [0.2, 0.25) is 0 Å². The van der Waals surface area contributed by atoms with Crippen molar-refractivity contribution in [1.82, 2.24) is 4.90 Å². The van der Waals surface area contributed by atoms with Crippen LogP contribution in [0.5, 0.6) is 5.75 Å². The van der Waals surface area contributed by atoms with Gasteiger partial charge in [0, 0.05) is 13.1 Å². The largest absolute Gasteiger partial charge is 0.491 e. The van der Waals surface area contributed by atoms with E-state index in [0.717, 1.165) is 24.8 Å². The van der Waals surface area contributed by atoms with Gasteiger partial charge < -0.3 is 14.4 Å². The van der Waals surface area contributed by atoms with Gasteiger partial charge in [0.1, 0.15) is 12.4 Å². The minimum atomic E-state index is 0.0921. The van der Waals surface area contributed by atoms with E-state index in [1.54, 1.807) is 0 Å². The molecule has 1 aromatic rings. The summed E-state index contributed by atoms with van der Waals surface area (Å²) in [4.78, 5) is 2.52. The van der Waals surface area contributed by atoms with E-state index in [9.17, 15) is 0 Å². The number of piperidine rings is 1. The van der Waals surface area contributed by atoms with Gasteiger partial charge >= 0.3 is 0 Å². The Labute approximate surface area is 148 Å². The molecule has 1 aliphatic rings. The van der Waals surface area contributed by atoms with Crippen LogP contribution < -0.4 is 4.74 Å². The summed E-state index contributed by atoms with van der Waals surface area (Å²) in [6.07, 6.45) is 2.70. The number of aryl methyl sites for hydroxylation is 1. The molecule has 1 atom stereocenters. The topological polar surface area (TPSA) is 21.7 Å². The summed E-state index contributed by atoms with van der Waals surface area (Å²) in [6.45, 7) is 16.7. The molecule has 1 saturated heterocycles. The molecule has 136 valence electrons. The first-order chi connectivity index (χ1) is 11.4. The Morgan fingerprint density at radius 2 is 1.96 bits per heavy atom. The van der Waals surface area contributed by atoms with Crippen molar-refractivity contribution in [2.24, 2.45) is 5.92 Å². The van der Waals surface area contributed by atoms with Crippen LogP contribution in [0.25, 0.3) is 0 Å². The molecule has 0 aromatic heterocycles. The van der Waals surface area contributed by atoms with Crippen LogP contribution in [-0.2, 0) is 10.2 Å². The SMILES string of the molecule is Cc1ccc(C(C)(C)C)c(OCCOCCN2CCC[C@H](C)C2)c1. The Balaban J connectivity index is 1.70. The lowest BCUT2D eigenvalue weighted by Crippen LogP contribution is -2.36. The molecule has 1 aromatic carbocycles. The summed E-state index contributed by atoms with van der Waals surface area (Å²) in [5, 5.41) is 0. The van der Waals surface area contributed by atoms with E-state index in [4.69, 9.17) is 9.47 Å². The summed E-state index contributed by atoms with van der Waals surface area (Å²) < 4.78 is 11.8. The van der Waals surface area contributed by atoms with Crippen LogP contribution in [-0.4, -0.2) is 44.4 Å². The van der Waals surface area contributed by atoms with Crippen molar-refractivity contribution >= 4 is 0 Å².